The van der Waals surface area contributed by atoms with Crippen molar-refractivity contribution in [2.75, 3.05) is 52.3 Å². The molecule has 0 radical (unpaired) electrons. The molecule has 0 saturated carbocycles. The first-order valence-electron chi connectivity index (χ1n) is 18.7. The number of rotatable bonds is 12. The Bertz CT molecular complexity index is 2250. The number of carbonyl (C=O) groups excluding carboxylic acids is 2. The van der Waals surface area contributed by atoms with Crippen molar-refractivity contribution in [2.24, 2.45) is 0 Å². The summed E-state index contributed by atoms with van der Waals surface area (Å²) < 4.78 is 21.7. The predicted molar refractivity (Wildman–Crippen MR) is 228 cm³/mol. The molecular weight excluding hydrogens is 729 g/mol. The van der Waals surface area contributed by atoms with Crippen molar-refractivity contribution in [2.45, 2.75) is 0 Å². The fourth-order valence-electron chi connectivity index (χ4n) is 7.56. The molecule has 0 bridgehead atoms. The summed E-state index contributed by atoms with van der Waals surface area (Å²) in [6.45, 7) is 0. The maximum absolute atomic E-state index is 14.1. The lowest BCUT2D eigenvalue weighted by Crippen LogP contribution is -2.25. The van der Waals surface area contributed by atoms with Gasteiger partial charge in [0.2, 0.25) is 0 Å². The number of benzene rings is 6. The highest BCUT2D eigenvalue weighted by Gasteiger charge is 2.46. The summed E-state index contributed by atoms with van der Waals surface area (Å²) in [5, 5.41) is 0. The van der Waals surface area contributed by atoms with Crippen molar-refractivity contribution >= 4 is 57.3 Å². The second-order valence-corrected chi connectivity index (χ2v) is 13.7. The molecule has 2 aliphatic rings. The summed E-state index contributed by atoms with van der Waals surface area (Å²) in [6, 6.07) is 47.2. The Balaban J connectivity index is 1.16. The van der Waals surface area contributed by atoms with Crippen LogP contribution >= 0.6 is 0 Å². The lowest BCUT2D eigenvalue weighted by atomic mass is 10.0. The summed E-state index contributed by atoms with van der Waals surface area (Å²) >= 11 is 0. The smallest absolute Gasteiger partial charge is 0.261 e. The van der Waals surface area contributed by atoms with Crippen molar-refractivity contribution in [3.8, 4) is 23.0 Å². The fraction of sp³-hybridized carbons (Fsp3) is 0.125. The molecule has 290 valence electrons. The molecule has 0 fully saturated rings. The second kappa shape index (κ2) is 15.6. The number of methoxy groups -OCH3 is 4. The van der Waals surface area contributed by atoms with Gasteiger partial charge in [-0.2, -0.15) is 0 Å². The standard InChI is InChI=1S/C48H42N4O6/c1-49-45(31-7-11-33(12-8-31)51(35-15-23-39(55-3)24-16-35)36-17-25-40(56-4)26-18-36)43-44(47(49)53)46(50(2)48(43)54)32-9-13-34(14-10-32)52(37-19-27-41(57-5)28-20-37)38-21-29-42(58-6)30-22-38/h7-30H,1-6H3. The van der Waals surface area contributed by atoms with Gasteiger partial charge in [-0.05, 0) is 132 Å². The Morgan fingerprint density at radius 1 is 0.345 bits per heavy atom. The first-order chi connectivity index (χ1) is 28.2. The predicted octanol–water partition coefficient (Wildman–Crippen LogP) is 9.73. The highest BCUT2D eigenvalue weighted by atomic mass is 16.5. The molecule has 58 heavy (non-hydrogen) atoms. The Morgan fingerprint density at radius 2 is 0.552 bits per heavy atom. The molecule has 0 atom stereocenters. The molecule has 0 N–H and O–H groups in total. The topological polar surface area (TPSA) is 84.0 Å². The van der Waals surface area contributed by atoms with E-state index in [1.165, 1.54) is 0 Å². The van der Waals surface area contributed by atoms with Gasteiger partial charge >= 0.3 is 0 Å². The third-order valence-corrected chi connectivity index (χ3v) is 10.6. The van der Waals surface area contributed by atoms with Crippen LogP contribution in [0.1, 0.15) is 11.1 Å². The van der Waals surface area contributed by atoms with Crippen LogP contribution < -0.4 is 28.7 Å². The minimum atomic E-state index is -0.234. The molecule has 8 rings (SSSR count). The van der Waals surface area contributed by atoms with Crippen LogP contribution in [0.5, 0.6) is 23.0 Å². The van der Waals surface area contributed by atoms with Crippen LogP contribution in [0.15, 0.2) is 157 Å². The monoisotopic (exact) mass is 770 g/mol. The highest BCUT2D eigenvalue weighted by Crippen LogP contribution is 2.47. The number of hydrogen-bond acceptors (Lipinski definition) is 8. The molecule has 2 aliphatic heterocycles. The molecule has 0 unspecified atom stereocenters. The van der Waals surface area contributed by atoms with E-state index >= 15 is 0 Å². The quantitative estimate of drug-likeness (QED) is 0.122. The van der Waals surface area contributed by atoms with Crippen LogP contribution in [0, 0.1) is 0 Å². The Labute approximate surface area is 338 Å². The van der Waals surface area contributed by atoms with E-state index in [9.17, 15) is 9.59 Å². The van der Waals surface area contributed by atoms with Crippen molar-refractivity contribution in [3.05, 3.63) is 168 Å². The molecule has 0 aliphatic carbocycles. The number of anilines is 6. The number of hydrogen-bond donors (Lipinski definition) is 0. The Kier molecular flexibility index (Phi) is 10.1. The summed E-state index contributed by atoms with van der Waals surface area (Å²) in [5.41, 5.74) is 8.92. The number of fused-ring (bicyclic) bond motifs is 1. The van der Waals surface area contributed by atoms with Crippen LogP contribution in [-0.2, 0) is 9.59 Å². The largest absolute Gasteiger partial charge is 0.497 e. The number of likely N-dealkylation sites (N-methyl/N-ethyl adjacent to an activating group) is 2. The number of amides is 2. The van der Waals surface area contributed by atoms with Gasteiger partial charge < -0.3 is 38.5 Å². The minimum absolute atomic E-state index is 0.234. The van der Waals surface area contributed by atoms with Gasteiger partial charge in [0.15, 0.2) is 0 Å². The highest BCUT2D eigenvalue weighted by molar-refractivity contribution is 6.30. The maximum Gasteiger partial charge on any atom is 0.261 e. The van der Waals surface area contributed by atoms with Gasteiger partial charge in [0.25, 0.3) is 11.8 Å². The summed E-state index contributed by atoms with van der Waals surface area (Å²) in [6.07, 6.45) is 0. The molecule has 2 amide bonds. The number of ether oxygens (including phenoxy) is 4. The van der Waals surface area contributed by atoms with Gasteiger partial charge in [-0.25, -0.2) is 0 Å². The Hall–Kier alpha value is -7.46. The number of nitrogens with zero attached hydrogens (tertiary/aromatic N) is 4. The third kappa shape index (κ3) is 6.64. The van der Waals surface area contributed by atoms with Crippen LogP contribution in [0.3, 0.4) is 0 Å². The molecule has 10 nitrogen and oxygen atoms in total. The van der Waals surface area contributed by atoms with E-state index in [4.69, 9.17) is 18.9 Å². The average molecular weight is 771 g/mol. The fourth-order valence-corrected chi connectivity index (χ4v) is 7.56. The normalized spacial score (nSPS) is 13.6. The van der Waals surface area contributed by atoms with E-state index < -0.39 is 0 Å². The van der Waals surface area contributed by atoms with Gasteiger partial charge in [-0.1, -0.05) is 24.3 Å². The third-order valence-electron chi connectivity index (χ3n) is 10.6. The zero-order chi connectivity index (χ0) is 40.5. The van der Waals surface area contributed by atoms with Crippen LogP contribution in [0.4, 0.5) is 34.1 Å². The first-order valence-corrected chi connectivity index (χ1v) is 18.7. The average Bonchev–Trinajstić information content (AvgIpc) is 3.68. The van der Waals surface area contributed by atoms with E-state index in [0.717, 1.165) is 68.2 Å². The lowest BCUT2D eigenvalue weighted by molar-refractivity contribution is -0.123. The molecular formula is C48H42N4O6. The molecule has 0 spiro atoms. The van der Waals surface area contributed by atoms with Crippen molar-refractivity contribution < 1.29 is 28.5 Å². The van der Waals surface area contributed by atoms with Gasteiger partial charge in [0, 0.05) is 48.2 Å². The van der Waals surface area contributed by atoms with Crippen LogP contribution in [0.25, 0.3) is 11.4 Å². The Morgan fingerprint density at radius 3 is 0.759 bits per heavy atom. The molecule has 2 heterocycles. The van der Waals surface area contributed by atoms with E-state index in [-0.39, 0.29) is 11.8 Å². The van der Waals surface area contributed by atoms with Crippen molar-refractivity contribution in [1.29, 1.82) is 0 Å². The summed E-state index contributed by atoms with van der Waals surface area (Å²) in [4.78, 5) is 35.7. The molecule has 0 aromatic heterocycles. The van der Waals surface area contributed by atoms with E-state index in [1.54, 1.807) is 52.3 Å². The zero-order valence-electron chi connectivity index (χ0n) is 33.1. The van der Waals surface area contributed by atoms with Crippen LogP contribution in [0.2, 0.25) is 0 Å². The lowest BCUT2D eigenvalue weighted by Gasteiger charge is -2.26. The van der Waals surface area contributed by atoms with Crippen LogP contribution in [-0.4, -0.2) is 64.1 Å². The van der Waals surface area contributed by atoms with Gasteiger partial charge in [-0.15, -0.1) is 0 Å². The van der Waals surface area contributed by atoms with Crippen molar-refractivity contribution in [3.63, 3.8) is 0 Å². The summed E-state index contributed by atoms with van der Waals surface area (Å²) in [7, 11) is 10.0. The van der Waals surface area contributed by atoms with Gasteiger partial charge in [0.1, 0.15) is 23.0 Å². The number of carbonyl (C=O) groups is 2. The van der Waals surface area contributed by atoms with Crippen molar-refractivity contribution in [1.82, 2.24) is 9.80 Å². The maximum atomic E-state index is 14.1. The summed E-state index contributed by atoms with van der Waals surface area (Å²) in [5.74, 6) is 2.55. The zero-order valence-corrected chi connectivity index (χ0v) is 33.1. The van der Waals surface area contributed by atoms with E-state index in [0.29, 0.717) is 22.5 Å². The minimum Gasteiger partial charge on any atom is -0.497 e. The SMILES string of the molecule is COc1ccc(N(c2ccc(OC)cc2)c2ccc(C3=C4C(=O)N(C)C(c5ccc(N(c6ccc(OC)cc6)c6ccc(OC)cc6)cc5)=C4C(=O)N3C)cc2)cc1. The van der Waals surface area contributed by atoms with E-state index in [1.807, 2.05) is 146 Å². The van der Waals surface area contributed by atoms with E-state index in [2.05, 4.69) is 9.80 Å². The molecule has 10 heteroatoms. The molecule has 6 aromatic rings. The van der Waals surface area contributed by atoms with Gasteiger partial charge in [-0.3, -0.25) is 9.59 Å². The second-order valence-electron chi connectivity index (χ2n) is 13.7. The molecule has 6 aromatic carbocycles. The van der Waals surface area contributed by atoms with Gasteiger partial charge in [0.05, 0.1) is 51.0 Å². The first kappa shape index (κ1) is 37.5. The molecule has 0 saturated heterocycles.